The SMILES string of the molecule is O=C(NC1CCS(=O)(=O)C1)c1cccc2cnc(/N=C\C3CCC(O)CC3)nc12. The van der Waals surface area contributed by atoms with Crippen LogP contribution in [-0.4, -0.2) is 59.3 Å². The fourth-order valence-corrected chi connectivity index (χ4v) is 5.56. The Morgan fingerprint density at radius 2 is 2.00 bits per heavy atom. The second kappa shape index (κ2) is 8.16. The van der Waals surface area contributed by atoms with Gasteiger partial charge in [0.2, 0.25) is 5.95 Å². The van der Waals surface area contributed by atoms with E-state index in [-0.39, 0.29) is 35.5 Å². The van der Waals surface area contributed by atoms with Gasteiger partial charge >= 0.3 is 0 Å². The molecule has 0 spiro atoms. The number of aliphatic imine (C=N–C) groups is 1. The summed E-state index contributed by atoms with van der Waals surface area (Å²) in [6.45, 7) is 0. The molecule has 1 aliphatic heterocycles. The minimum atomic E-state index is -3.07. The van der Waals surface area contributed by atoms with Crippen molar-refractivity contribution < 1.29 is 18.3 Å². The minimum absolute atomic E-state index is 0.0237. The zero-order valence-electron chi connectivity index (χ0n) is 16.0. The zero-order valence-corrected chi connectivity index (χ0v) is 16.8. The first-order chi connectivity index (χ1) is 13.9. The van der Waals surface area contributed by atoms with Gasteiger partial charge in [-0.05, 0) is 44.1 Å². The third-order valence-electron chi connectivity index (χ3n) is 5.55. The van der Waals surface area contributed by atoms with Gasteiger partial charge in [0.05, 0.1) is 28.7 Å². The van der Waals surface area contributed by atoms with Gasteiger partial charge in [0.1, 0.15) is 0 Å². The molecule has 1 atom stereocenters. The molecule has 9 heteroatoms. The summed E-state index contributed by atoms with van der Waals surface area (Å²) < 4.78 is 23.3. The Balaban J connectivity index is 1.53. The number of para-hydroxylation sites is 1. The Bertz CT molecular complexity index is 1050. The van der Waals surface area contributed by atoms with Crippen molar-refractivity contribution in [2.45, 2.75) is 44.2 Å². The van der Waals surface area contributed by atoms with E-state index in [9.17, 15) is 18.3 Å². The number of amides is 1. The van der Waals surface area contributed by atoms with Crippen LogP contribution in [0.15, 0.2) is 29.4 Å². The number of nitrogens with zero attached hydrogens (tertiary/aromatic N) is 3. The lowest BCUT2D eigenvalue weighted by Crippen LogP contribution is -2.35. The molecule has 8 nitrogen and oxygen atoms in total. The molecule has 1 aromatic carbocycles. The lowest BCUT2D eigenvalue weighted by molar-refractivity contribution is 0.0942. The molecule has 1 saturated carbocycles. The number of aliphatic hydroxyl groups excluding tert-OH is 1. The van der Waals surface area contributed by atoms with E-state index in [4.69, 9.17) is 0 Å². The summed E-state index contributed by atoms with van der Waals surface area (Å²) in [5.41, 5.74) is 0.874. The van der Waals surface area contributed by atoms with E-state index < -0.39 is 9.84 Å². The Kier molecular flexibility index (Phi) is 5.60. The Hall–Kier alpha value is -2.39. The molecule has 0 bridgehead atoms. The largest absolute Gasteiger partial charge is 0.393 e. The summed E-state index contributed by atoms with van der Waals surface area (Å²) in [6, 6.07) is 4.87. The maximum absolute atomic E-state index is 12.7. The molecule has 29 heavy (non-hydrogen) atoms. The molecule has 2 fully saturated rings. The highest BCUT2D eigenvalue weighted by molar-refractivity contribution is 7.91. The monoisotopic (exact) mass is 416 g/mol. The first-order valence-electron chi connectivity index (χ1n) is 9.89. The Labute approximate surface area is 169 Å². The van der Waals surface area contributed by atoms with Crippen LogP contribution in [0.3, 0.4) is 0 Å². The van der Waals surface area contributed by atoms with E-state index in [1.165, 1.54) is 0 Å². The van der Waals surface area contributed by atoms with E-state index in [1.807, 2.05) is 12.3 Å². The van der Waals surface area contributed by atoms with Crippen LogP contribution in [0, 0.1) is 5.92 Å². The Morgan fingerprint density at radius 1 is 1.21 bits per heavy atom. The van der Waals surface area contributed by atoms with E-state index in [2.05, 4.69) is 20.3 Å². The van der Waals surface area contributed by atoms with Gasteiger partial charge in [-0.3, -0.25) is 4.79 Å². The molecule has 154 valence electrons. The lowest BCUT2D eigenvalue weighted by Gasteiger charge is -2.21. The molecular formula is C20H24N4O4S. The van der Waals surface area contributed by atoms with Gasteiger partial charge in [0.15, 0.2) is 9.84 Å². The second-order valence-corrected chi connectivity index (χ2v) is 10.1. The molecule has 0 radical (unpaired) electrons. The highest BCUT2D eigenvalue weighted by Crippen LogP contribution is 2.24. The van der Waals surface area contributed by atoms with Crippen molar-refractivity contribution in [1.29, 1.82) is 0 Å². The third kappa shape index (κ3) is 4.79. The van der Waals surface area contributed by atoms with Crippen LogP contribution in [0.4, 0.5) is 5.95 Å². The van der Waals surface area contributed by atoms with Crippen molar-refractivity contribution in [1.82, 2.24) is 15.3 Å². The van der Waals surface area contributed by atoms with E-state index in [1.54, 1.807) is 18.3 Å². The molecule has 1 amide bonds. The molecule has 2 aliphatic rings. The highest BCUT2D eigenvalue weighted by Gasteiger charge is 2.29. The van der Waals surface area contributed by atoms with Crippen LogP contribution in [0.5, 0.6) is 0 Å². The molecule has 2 heterocycles. The summed E-state index contributed by atoms with van der Waals surface area (Å²) in [6.07, 6.45) is 7.00. The lowest BCUT2D eigenvalue weighted by atomic mass is 9.88. The topological polar surface area (TPSA) is 122 Å². The number of aliphatic hydroxyl groups is 1. The summed E-state index contributed by atoms with van der Waals surface area (Å²) in [7, 11) is -3.07. The fraction of sp³-hybridized carbons (Fsp3) is 0.500. The van der Waals surface area contributed by atoms with Crippen LogP contribution >= 0.6 is 0 Å². The summed E-state index contributed by atoms with van der Waals surface area (Å²) >= 11 is 0. The third-order valence-corrected chi connectivity index (χ3v) is 7.32. The summed E-state index contributed by atoms with van der Waals surface area (Å²) in [5.74, 6) is 0.317. The number of hydrogen-bond acceptors (Lipinski definition) is 7. The van der Waals surface area contributed by atoms with Crippen molar-refractivity contribution >= 4 is 38.8 Å². The van der Waals surface area contributed by atoms with Crippen LogP contribution in [0.2, 0.25) is 0 Å². The number of carbonyl (C=O) groups excluding carboxylic acids is 1. The van der Waals surface area contributed by atoms with Crippen LogP contribution in [-0.2, 0) is 9.84 Å². The van der Waals surface area contributed by atoms with Crippen LogP contribution in [0.25, 0.3) is 10.9 Å². The van der Waals surface area contributed by atoms with Crippen LogP contribution < -0.4 is 5.32 Å². The van der Waals surface area contributed by atoms with Crippen LogP contribution in [0.1, 0.15) is 42.5 Å². The quantitative estimate of drug-likeness (QED) is 0.733. The molecule has 1 aromatic heterocycles. The van der Waals surface area contributed by atoms with Gasteiger partial charge in [-0.25, -0.2) is 23.4 Å². The number of hydrogen-bond donors (Lipinski definition) is 2. The van der Waals surface area contributed by atoms with Crippen molar-refractivity contribution in [3.05, 3.63) is 30.0 Å². The normalized spacial score (nSPS) is 26.7. The number of benzene rings is 1. The predicted molar refractivity (Wildman–Crippen MR) is 110 cm³/mol. The minimum Gasteiger partial charge on any atom is -0.393 e. The molecule has 4 rings (SSSR count). The van der Waals surface area contributed by atoms with Crippen molar-refractivity contribution in [2.24, 2.45) is 10.9 Å². The zero-order chi connectivity index (χ0) is 20.4. The van der Waals surface area contributed by atoms with Crippen molar-refractivity contribution in [2.75, 3.05) is 11.5 Å². The number of rotatable bonds is 4. The van der Waals surface area contributed by atoms with Crippen molar-refractivity contribution in [3.63, 3.8) is 0 Å². The van der Waals surface area contributed by atoms with Gasteiger partial charge in [-0.2, -0.15) is 0 Å². The Morgan fingerprint density at radius 3 is 2.72 bits per heavy atom. The first kappa shape index (κ1) is 19.9. The molecule has 1 aliphatic carbocycles. The van der Waals surface area contributed by atoms with Gasteiger partial charge in [0.25, 0.3) is 5.91 Å². The summed E-state index contributed by atoms with van der Waals surface area (Å²) in [5, 5.41) is 13.1. The number of nitrogens with one attached hydrogen (secondary N) is 1. The van der Waals surface area contributed by atoms with Gasteiger partial charge in [-0.1, -0.05) is 12.1 Å². The van der Waals surface area contributed by atoms with Gasteiger partial charge in [0, 0.05) is 23.8 Å². The molecule has 2 aromatic rings. The second-order valence-electron chi connectivity index (χ2n) is 7.83. The number of fused-ring (bicyclic) bond motifs is 1. The summed E-state index contributed by atoms with van der Waals surface area (Å²) in [4.78, 5) is 25.9. The highest BCUT2D eigenvalue weighted by atomic mass is 32.2. The maximum Gasteiger partial charge on any atom is 0.253 e. The number of aromatic nitrogens is 2. The smallest absolute Gasteiger partial charge is 0.253 e. The molecule has 1 saturated heterocycles. The molecular weight excluding hydrogens is 392 g/mol. The maximum atomic E-state index is 12.7. The predicted octanol–water partition coefficient (Wildman–Crippen LogP) is 1.80. The molecule has 2 N–H and O–H groups in total. The first-order valence-corrected chi connectivity index (χ1v) is 11.7. The van der Waals surface area contributed by atoms with Crippen molar-refractivity contribution in [3.8, 4) is 0 Å². The van der Waals surface area contributed by atoms with Gasteiger partial charge < -0.3 is 10.4 Å². The van der Waals surface area contributed by atoms with E-state index in [0.29, 0.717) is 23.4 Å². The number of sulfone groups is 1. The van der Waals surface area contributed by atoms with E-state index >= 15 is 0 Å². The standard InChI is InChI=1S/C20H24N4O4S/c25-16-6-4-13(5-7-16)10-21-20-22-11-14-2-1-3-17(18(14)24-20)19(26)23-15-8-9-29(27,28)12-15/h1-3,10-11,13,15-16,25H,4-9,12H2,(H,23,26)/b21-10-. The average Bonchev–Trinajstić information content (AvgIpc) is 3.05. The fourth-order valence-electron chi connectivity index (χ4n) is 3.89. The average molecular weight is 417 g/mol. The van der Waals surface area contributed by atoms with E-state index in [0.717, 1.165) is 31.1 Å². The van der Waals surface area contributed by atoms with Gasteiger partial charge in [-0.15, -0.1) is 0 Å². The molecule has 1 unspecified atom stereocenters. The number of carbonyl (C=O) groups is 1.